The number of amides is 2. The molecule has 0 aliphatic rings. The largest absolute Gasteiger partial charge is 0.508 e. The third-order valence-corrected chi connectivity index (χ3v) is 7.44. The van der Waals surface area contributed by atoms with Gasteiger partial charge in [-0.15, -0.1) is 0 Å². The molecule has 0 fully saturated rings. The van der Waals surface area contributed by atoms with Crippen LogP contribution in [0.25, 0.3) is 0 Å². The molecule has 0 heterocycles. The van der Waals surface area contributed by atoms with Crippen LogP contribution in [0.5, 0.6) is 5.75 Å². The van der Waals surface area contributed by atoms with Crippen LogP contribution >= 0.6 is 11.8 Å². The van der Waals surface area contributed by atoms with Crippen molar-refractivity contribution in [2.24, 2.45) is 0 Å². The number of phenolic OH excluding ortho intramolecular Hbond substituents is 1. The van der Waals surface area contributed by atoms with Gasteiger partial charge in [0.1, 0.15) is 5.75 Å². The first-order valence-corrected chi connectivity index (χ1v) is 15.2. The van der Waals surface area contributed by atoms with Crippen LogP contribution in [0, 0.1) is 0 Å². The van der Waals surface area contributed by atoms with E-state index in [0.717, 1.165) is 18.5 Å². The summed E-state index contributed by atoms with van der Waals surface area (Å²) in [5.74, 6) is 2.96. The maximum Gasteiger partial charge on any atom is 0.315 e. The first-order chi connectivity index (χ1) is 16.7. The zero-order valence-electron chi connectivity index (χ0n) is 21.9. The van der Waals surface area contributed by atoms with Crippen LogP contribution in [-0.4, -0.2) is 29.2 Å². The fourth-order valence-electron chi connectivity index (χ4n) is 4.07. The molecule has 0 aliphatic heterocycles. The summed E-state index contributed by atoms with van der Waals surface area (Å²) >= 11 is 2.17. The van der Waals surface area contributed by atoms with E-state index < -0.39 is 0 Å². The van der Waals surface area contributed by atoms with Crippen LogP contribution in [0.15, 0.2) is 24.3 Å². The molecule has 5 heteroatoms. The summed E-state index contributed by atoms with van der Waals surface area (Å²) in [6.45, 7) is 3.50. The lowest BCUT2D eigenvalue weighted by Crippen LogP contribution is -2.35. The van der Waals surface area contributed by atoms with Gasteiger partial charge in [0, 0.05) is 13.1 Å². The molecule has 1 rings (SSSR count). The number of phenols is 1. The molecule has 0 bridgehead atoms. The molecule has 2 amide bonds. The Morgan fingerprint density at radius 1 is 0.676 bits per heavy atom. The highest BCUT2D eigenvalue weighted by molar-refractivity contribution is 7.99. The van der Waals surface area contributed by atoms with E-state index in [4.69, 9.17) is 0 Å². The maximum absolute atomic E-state index is 11.8. The van der Waals surface area contributed by atoms with Crippen molar-refractivity contribution in [1.82, 2.24) is 10.6 Å². The van der Waals surface area contributed by atoms with Crippen molar-refractivity contribution in [2.75, 3.05) is 18.1 Å². The zero-order chi connectivity index (χ0) is 24.5. The van der Waals surface area contributed by atoms with Crippen molar-refractivity contribution in [3.63, 3.8) is 0 Å². The highest BCUT2D eigenvalue weighted by Gasteiger charge is 2.00. The number of unbranched alkanes of at least 4 members (excludes halogenated alkanes) is 15. The number of benzene rings is 1. The number of carbonyl (C=O) groups is 1. The Kier molecular flexibility index (Phi) is 21.1. The molecule has 0 atom stereocenters. The zero-order valence-corrected chi connectivity index (χ0v) is 22.7. The van der Waals surface area contributed by atoms with Gasteiger partial charge < -0.3 is 15.7 Å². The molecule has 0 radical (unpaired) electrons. The van der Waals surface area contributed by atoms with Crippen molar-refractivity contribution in [2.45, 2.75) is 123 Å². The van der Waals surface area contributed by atoms with Gasteiger partial charge in [0.15, 0.2) is 0 Å². The predicted molar refractivity (Wildman–Crippen MR) is 150 cm³/mol. The van der Waals surface area contributed by atoms with Crippen LogP contribution in [-0.2, 0) is 6.54 Å². The third-order valence-electron chi connectivity index (χ3n) is 6.28. The second-order valence-corrected chi connectivity index (χ2v) is 10.8. The van der Waals surface area contributed by atoms with E-state index in [2.05, 4.69) is 29.3 Å². The number of rotatable bonds is 23. The molecule has 196 valence electrons. The Morgan fingerprint density at radius 3 is 1.68 bits per heavy atom. The van der Waals surface area contributed by atoms with E-state index in [9.17, 15) is 9.90 Å². The second-order valence-electron chi connectivity index (χ2n) is 9.55. The smallest absolute Gasteiger partial charge is 0.315 e. The van der Waals surface area contributed by atoms with Crippen LogP contribution in [0.1, 0.15) is 122 Å². The monoisotopic (exact) mass is 492 g/mol. The topological polar surface area (TPSA) is 61.4 Å². The Labute approximate surface area is 214 Å². The van der Waals surface area contributed by atoms with Gasteiger partial charge in [0.05, 0.1) is 0 Å². The average molecular weight is 493 g/mol. The predicted octanol–water partition coefficient (Wildman–Crippen LogP) is 8.58. The molecule has 0 saturated carbocycles. The summed E-state index contributed by atoms with van der Waals surface area (Å²) in [4.78, 5) is 11.8. The van der Waals surface area contributed by atoms with Gasteiger partial charge in [0.2, 0.25) is 0 Å². The Hall–Kier alpha value is -1.36. The van der Waals surface area contributed by atoms with E-state index in [1.807, 2.05) is 12.1 Å². The van der Waals surface area contributed by atoms with Gasteiger partial charge >= 0.3 is 6.03 Å². The Bertz CT molecular complexity index is 580. The van der Waals surface area contributed by atoms with Crippen LogP contribution in [0.4, 0.5) is 4.79 Å². The number of carbonyl (C=O) groups excluding carboxylic acids is 1. The summed E-state index contributed by atoms with van der Waals surface area (Å²) in [5.41, 5.74) is 0.977. The first-order valence-electron chi connectivity index (χ1n) is 14.1. The van der Waals surface area contributed by atoms with Crippen molar-refractivity contribution in [1.29, 1.82) is 0 Å². The fourth-order valence-corrected chi connectivity index (χ4v) is 5.09. The second kappa shape index (κ2) is 23.4. The first kappa shape index (κ1) is 30.7. The summed E-state index contributed by atoms with van der Waals surface area (Å²) in [6.07, 6.45) is 23.1. The molecule has 0 aliphatic carbocycles. The van der Waals surface area contributed by atoms with Crippen molar-refractivity contribution in [3.8, 4) is 5.75 Å². The van der Waals surface area contributed by atoms with E-state index >= 15 is 0 Å². The van der Waals surface area contributed by atoms with Gasteiger partial charge in [-0.3, -0.25) is 0 Å². The van der Waals surface area contributed by atoms with E-state index in [-0.39, 0.29) is 11.8 Å². The number of hydrogen-bond acceptors (Lipinski definition) is 3. The molecule has 3 N–H and O–H groups in total. The van der Waals surface area contributed by atoms with Gasteiger partial charge in [-0.05, 0) is 48.5 Å². The number of aromatic hydroxyl groups is 1. The van der Waals surface area contributed by atoms with Crippen LogP contribution < -0.4 is 10.6 Å². The molecule has 34 heavy (non-hydrogen) atoms. The van der Waals surface area contributed by atoms with Crippen molar-refractivity contribution >= 4 is 17.8 Å². The maximum atomic E-state index is 11.8. The molecule has 1 aromatic carbocycles. The molecule has 0 unspecified atom stereocenters. The molecule has 4 nitrogen and oxygen atoms in total. The average Bonchev–Trinajstić information content (AvgIpc) is 2.84. The molecule has 0 aromatic heterocycles. The SMILES string of the molecule is CCCCCCCCCCSCCCCCCCCCCCNC(=O)NCc1ccc(O)cc1. The molecular formula is C29H52N2O2S. The fraction of sp³-hybridized carbons (Fsp3) is 0.759. The quantitative estimate of drug-likeness (QED) is 0.134. The van der Waals surface area contributed by atoms with Crippen LogP contribution in [0.3, 0.4) is 0 Å². The molecule has 0 saturated heterocycles. The number of nitrogens with one attached hydrogen (secondary N) is 2. The number of thioether (sulfide) groups is 1. The standard InChI is InChI=1S/C29H52N2O2S/c1-2-3-4-5-6-11-14-17-24-34-25-18-15-12-9-7-8-10-13-16-23-30-29(33)31-26-27-19-21-28(32)22-20-27/h19-22,32H,2-18,23-26H2,1H3,(H2,30,31,33). The molecular weight excluding hydrogens is 440 g/mol. The lowest BCUT2D eigenvalue weighted by Gasteiger charge is -2.08. The van der Waals surface area contributed by atoms with Crippen molar-refractivity contribution in [3.05, 3.63) is 29.8 Å². The minimum absolute atomic E-state index is 0.121. The molecule has 0 spiro atoms. The number of urea groups is 1. The summed E-state index contributed by atoms with van der Waals surface area (Å²) in [5, 5.41) is 15.0. The van der Waals surface area contributed by atoms with Gasteiger partial charge in [-0.25, -0.2) is 4.79 Å². The van der Waals surface area contributed by atoms with Crippen molar-refractivity contribution < 1.29 is 9.90 Å². The van der Waals surface area contributed by atoms with E-state index in [1.54, 1.807) is 12.1 Å². The van der Waals surface area contributed by atoms with Crippen LogP contribution in [0.2, 0.25) is 0 Å². The highest BCUT2D eigenvalue weighted by atomic mass is 32.2. The third kappa shape index (κ3) is 20.1. The van der Waals surface area contributed by atoms with Gasteiger partial charge in [-0.2, -0.15) is 11.8 Å². The summed E-state index contributed by atoms with van der Waals surface area (Å²) < 4.78 is 0. The minimum Gasteiger partial charge on any atom is -0.508 e. The molecule has 1 aromatic rings. The van der Waals surface area contributed by atoms with Gasteiger partial charge in [-0.1, -0.05) is 109 Å². The highest BCUT2D eigenvalue weighted by Crippen LogP contribution is 2.14. The van der Waals surface area contributed by atoms with E-state index in [0.29, 0.717) is 6.54 Å². The lowest BCUT2D eigenvalue weighted by atomic mass is 10.1. The van der Waals surface area contributed by atoms with Gasteiger partial charge in [0.25, 0.3) is 0 Å². The normalized spacial score (nSPS) is 11.0. The lowest BCUT2D eigenvalue weighted by molar-refractivity contribution is 0.240. The van der Waals surface area contributed by atoms with E-state index in [1.165, 1.54) is 114 Å². The Balaban J connectivity index is 1.72. The Morgan fingerprint density at radius 2 is 1.15 bits per heavy atom. The summed E-state index contributed by atoms with van der Waals surface area (Å²) in [7, 11) is 0. The number of hydrogen-bond donors (Lipinski definition) is 3. The summed E-state index contributed by atoms with van der Waals surface area (Å²) in [6, 6.07) is 6.77. The minimum atomic E-state index is -0.121.